The van der Waals surface area contributed by atoms with E-state index in [9.17, 15) is 14.4 Å². The summed E-state index contributed by atoms with van der Waals surface area (Å²) in [6, 6.07) is 9.44. The van der Waals surface area contributed by atoms with E-state index in [-0.39, 0.29) is 17.5 Å². The second-order valence-corrected chi connectivity index (χ2v) is 5.96. The Bertz CT molecular complexity index is 773. The van der Waals surface area contributed by atoms with Gasteiger partial charge in [-0.05, 0) is 42.8 Å². The molecule has 0 aliphatic rings. The molecule has 0 saturated carbocycles. The highest BCUT2D eigenvalue weighted by Gasteiger charge is 2.13. The van der Waals surface area contributed by atoms with Gasteiger partial charge in [0.1, 0.15) is 16.9 Å². The number of rotatable bonds is 6. The van der Waals surface area contributed by atoms with Crippen LogP contribution in [-0.4, -0.2) is 23.8 Å². The second-order valence-electron chi connectivity index (χ2n) is 4.99. The van der Waals surface area contributed by atoms with E-state index in [1.807, 2.05) is 6.92 Å². The molecular weight excluding hydrogens is 329 g/mol. The molecule has 1 amide bonds. The molecule has 1 aromatic carbocycles. The number of amides is 1. The Kier molecular flexibility index (Phi) is 6.29. The van der Waals surface area contributed by atoms with Gasteiger partial charge in [0.2, 0.25) is 5.91 Å². The number of nitrogens with zero attached hydrogens (tertiary/aromatic N) is 2. The number of carbonyl (C=O) groups excluding carboxylic acids is 1. The molecular formula is C17H16FN3O2S. The second kappa shape index (κ2) is 8.43. The lowest BCUT2D eigenvalue weighted by Crippen LogP contribution is -2.14. The van der Waals surface area contributed by atoms with Gasteiger partial charge in [-0.2, -0.15) is 5.26 Å². The van der Waals surface area contributed by atoms with Crippen LogP contribution in [0.25, 0.3) is 0 Å². The third kappa shape index (κ3) is 4.78. The highest BCUT2D eigenvalue weighted by atomic mass is 32.2. The number of methoxy groups -OCH3 is 1. The number of hydrogen-bond donors (Lipinski definition) is 1. The van der Waals surface area contributed by atoms with E-state index in [1.54, 1.807) is 13.2 Å². The summed E-state index contributed by atoms with van der Waals surface area (Å²) in [5.41, 5.74) is 2.43. The van der Waals surface area contributed by atoms with Crippen LogP contribution in [0.1, 0.15) is 16.8 Å². The molecule has 1 aromatic heterocycles. The van der Waals surface area contributed by atoms with Gasteiger partial charge in [0, 0.05) is 18.5 Å². The van der Waals surface area contributed by atoms with Crippen LogP contribution >= 0.6 is 11.8 Å². The first-order valence-corrected chi connectivity index (χ1v) is 8.10. The molecule has 1 heterocycles. The van der Waals surface area contributed by atoms with Crippen LogP contribution in [0.2, 0.25) is 0 Å². The molecule has 2 rings (SSSR count). The average molecular weight is 345 g/mol. The summed E-state index contributed by atoms with van der Waals surface area (Å²) in [4.78, 5) is 16.3. The molecule has 1 N–H and O–H groups in total. The van der Waals surface area contributed by atoms with Gasteiger partial charge in [0.25, 0.3) is 0 Å². The van der Waals surface area contributed by atoms with Crippen molar-refractivity contribution < 1.29 is 13.9 Å². The summed E-state index contributed by atoms with van der Waals surface area (Å²) >= 11 is 1.18. The van der Waals surface area contributed by atoms with Crippen LogP contribution in [0.5, 0.6) is 0 Å². The fourth-order valence-corrected chi connectivity index (χ4v) is 2.94. The summed E-state index contributed by atoms with van der Waals surface area (Å²) in [6.45, 7) is 2.13. The Hall–Kier alpha value is -2.43. The lowest BCUT2D eigenvalue weighted by molar-refractivity contribution is -0.113. The number of ether oxygens (including phenoxy) is 1. The van der Waals surface area contributed by atoms with Crippen molar-refractivity contribution in [2.24, 2.45) is 0 Å². The van der Waals surface area contributed by atoms with E-state index in [4.69, 9.17) is 4.74 Å². The van der Waals surface area contributed by atoms with Gasteiger partial charge in [-0.15, -0.1) is 0 Å². The highest BCUT2D eigenvalue weighted by molar-refractivity contribution is 8.00. The molecule has 0 spiro atoms. The molecule has 124 valence electrons. The zero-order chi connectivity index (χ0) is 17.5. The Morgan fingerprint density at radius 1 is 1.42 bits per heavy atom. The number of thioether (sulfide) groups is 1. The number of aryl methyl sites for hydroxylation is 1. The molecule has 0 unspecified atom stereocenters. The molecule has 0 saturated heterocycles. The standard InChI is InChI=1S/C17H16FN3O2S/c1-11-7-12(9-23-2)15(8-19)17(20-11)24-10-16(22)21-14-5-3-13(18)4-6-14/h3-7H,9-10H2,1-2H3,(H,21,22). The molecule has 2 aromatic rings. The maximum Gasteiger partial charge on any atom is 0.234 e. The molecule has 24 heavy (non-hydrogen) atoms. The number of nitrogens with one attached hydrogen (secondary N) is 1. The van der Waals surface area contributed by atoms with Gasteiger partial charge in [-0.3, -0.25) is 4.79 Å². The van der Waals surface area contributed by atoms with Crippen molar-refractivity contribution in [1.82, 2.24) is 4.98 Å². The molecule has 0 bridgehead atoms. The van der Waals surface area contributed by atoms with Gasteiger partial charge in [0.05, 0.1) is 17.9 Å². The predicted molar refractivity (Wildman–Crippen MR) is 90.2 cm³/mol. The van der Waals surface area contributed by atoms with Crippen molar-refractivity contribution in [2.75, 3.05) is 18.2 Å². The molecule has 0 aliphatic carbocycles. The van der Waals surface area contributed by atoms with E-state index >= 15 is 0 Å². The molecule has 0 aliphatic heterocycles. The van der Waals surface area contributed by atoms with Crippen LogP contribution in [0.4, 0.5) is 10.1 Å². The van der Waals surface area contributed by atoms with E-state index in [1.165, 1.54) is 36.0 Å². The summed E-state index contributed by atoms with van der Waals surface area (Å²) in [5.74, 6) is -0.530. The quantitative estimate of drug-likeness (QED) is 0.813. The number of pyridine rings is 1. The zero-order valence-electron chi connectivity index (χ0n) is 13.3. The lowest BCUT2D eigenvalue weighted by Gasteiger charge is -2.10. The van der Waals surface area contributed by atoms with Crippen molar-refractivity contribution in [3.8, 4) is 6.07 Å². The number of halogens is 1. The fraction of sp³-hybridized carbons (Fsp3) is 0.235. The first-order valence-electron chi connectivity index (χ1n) is 7.11. The van der Waals surface area contributed by atoms with Gasteiger partial charge in [-0.1, -0.05) is 11.8 Å². The van der Waals surface area contributed by atoms with Crippen molar-refractivity contribution in [3.63, 3.8) is 0 Å². The third-order valence-corrected chi connectivity index (χ3v) is 4.05. The number of carbonyl (C=O) groups is 1. The number of aromatic nitrogens is 1. The normalized spacial score (nSPS) is 10.2. The van der Waals surface area contributed by atoms with Crippen LogP contribution in [0, 0.1) is 24.1 Å². The third-order valence-electron chi connectivity index (χ3n) is 3.08. The highest BCUT2D eigenvalue weighted by Crippen LogP contribution is 2.24. The smallest absolute Gasteiger partial charge is 0.234 e. The maximum absolute atomic E-state index is 12.8. The van der Waals surface area contributed by atoms with E-state index < -0.39 is 0 Å². The number of nitriles is 1. The number of benzene rings is 1. The van der Waals surface area contributed by atoms with E-state index in [0.717, 1.165) is 11.3 Å². The number of hydrogen-bond acceptors (Lipinski definition) is 5. The minimum atomic E-state index is -0.365. The summed E-state index contributed by atoms with van der Waals surface area (Å²) < 4.78 is 17.9. The van der Waals surface area contributed by atoms with Crippen LogP contribution in [-0.2, 0) is 16.1 Å². The monoisotopic (exact) mass is 345 g/mol. The zero-order valence-corrected chi connectivity index (χ0v) is 14.1. The summed E-state index contributed by atoms with van der Waals surface area (Å²) in [7, 11) is 1.56. The average Bonchev–Trinajstić information content (AvgIpc) is 2.55. The van der Waals surface area contributed by atoms with Crippen LogP contribution < -0.4 is 5.32 Å². The van der Waals surface area contributed by atoms with Crippen molar-refractivity contribution in [2.45, 2.75) is 18.6 Å². The van der Waals surface area contributed by atoms with Crippen LogP contribution in [0.3, 0.4) is 0 Å². The Morgan fingerprint density at radius 2 is 2.12 bits per heavy atom. The van der Waals surface area contributed by atoms with E-state index in [2.05, 4.69) is 16.4 Å². The van der Waals surface area contributed by atoms with Gasteiger partial charge < -0.3 is 10.1 Å². The largest absolute Gasteiger partial charge is 0.380 e. The minimum absolute atomic E-state index is 0.0922. The molecule has 5 nitrogen and oxygen atoms in total. The van der Waals surface area contributed by atoms with Gasteiger partial charge in [0.15, 0.2) is 0 Å². The van der Waals surface area contributed by atoms with Crippen molar-refractivity contribution in [3.05, 3.63) is 53.0 Å². The molecule has 0 fully saturated rings. The first kappa shape index (κ1) is 17.9. The topological polar surface area (TPSA) is 75.0 Å². The molecule has 7 heteroatoms. The Balaban J connectivity index is 2.07. The predicted octanol–water partition coefficient (Wildman–Crippen LogP) is 3.28. The molecule has 0 radical (unpaired) electrons. The minimum Gasteiger partial charge on any atom is -0.380 e. The number of anilines is 1. The Labute approximate surface area is 143 Å². The van der Waals surface area contributed by atoms with Gasteiger partial charge in [-0.25, -0.2) is 9.37 Å². The fourth-order valence-electron chi connectivity index (χ4n) is 2.07. The first-order chi connectivity index (χ1) is 11.5. The molecule has 0 atom stereocenters. The SMILES string of the molecule is COCc1cc(C)nc(SCC(=O)Nc2ccc(F)cc2)c1C#N. The van der Waals surface area contributed by atoms with E-state index in [0.29, 0.717) is 22.9 Å². The summed E-state index contributed by atoms with van der Waals surface area (Å²) in [5, 5.41) is 12.5. The maximum atomic E-state index is 12.8. The van der Waals surface area contributed by atoms with Crippen LogP contribution in [0.15, 0.2) is 35.4 Å². The van der Waals surface area contributed by atoms with Crippen molar-refractivity contribution in [1.29, 1.82) is 5.26 Å². The van der Waals surface area contributed by atoms with Gasteiger partial charge >= 0.3 is 0 Å². The lowest BCUT2D eigenvalue weighted by atomic mass is 10.1. The van der Waals surface area contributed by atoms with Crippen molar-refractivity contribution >= 4 is 23.4 Å². The Morgan fingerprint density at radius 3 is 2.75 bits per heavy atom. The summed E-state index contributed by atoms with van der Waals surface area (Å²) in [6.07, 6.45) is 0.